The summed E-state index contributed by atoms with van der Waals surface area (Å²) in [5.74, 6) is 0.345. The molecule has 1 heterocycles. The van der Waals surface area contributed by atoms with E-state index in [-0.39, 0.29) is 11.8 Å². The Balaban J connectivity index is 2.32. The number of amides is 2. The van der Waals surface area contributed by atoms with Crippen molar-refractivity contribution in [3.63, 3.8) is 0 Å². The van der Waals surface area contributed by atoms with Gasteiger partial charge in [0.1, 0.15) is 0 Å². The van der Waals surface area contributed by atoms with Crippen LogP contribution >= 0.6 is 0 Å². The van der Waals surface area contributed by atoms with Gasteiger partial charge in [-0.2, -0.15) is 0 Å². The van der Waals surface area contributed by atoms with Crippen molar-refractivity contribution in [1.82, 2.24) is 15.2 Å². The average Bonchev–Trinajstić information content (AvgIpc) is 2.41. The number of aromatic nitrogens is 1. The topological polar surface area (TPSA) is 62.3 Å². The zero-order valence-electron chi connectivity index (χ0n) is 12.4. The van der Waals surface area contributed by atoms with Crippen LogP contribution in [0.3, 0.4) is 0 Å². The van der Waals surface area contributed by atoms with Gasteiger partial charge in [-0.15, -0.1) is 0 Å². The molecule has 0 aliphatic rings. The fourth-order valence-electron chi connectivity index (χ4n) is 1.83. The Morgan fingerprint density at radius 3 is 2.65 bits per heavy atom. The van der Waals surface area contributed by atoms with Gasteiger partial charge in [-0.05, 0) is 18.1 Å². The minimum absolute atomic E-state index is 0.0104. The minimum Gasteiger partial charge on any atom is -0.350 e. The second kappa shape index (κ2) is 8.30. The Morgan fingerprint density at radius 2 is 2.10 bits per heavy atom. The van der Waals surface area contributed by atoms with E-state index in [4.69, 9.17) is 0 Å². The molecule has 0 saturated carbocycles. The van der Waals surface area contributed by atoms with E-state index in [1.807, 2.05) is 18.2 Å². The SMILES string of the molecule is CC(=O)N(CCC(=O)NCc1ccccn1)CC(C)C. The van der Waals surface area contributed by atoms with E-state index in [0.29, 0.717) is 32.0 Å². The van der Waals surface area contributed by atoms with Crippen molar-refractivity contribution in [2.24, 2.45) is 5.92 Å². The van der Waals surface area contributed by atoms with Crippen molar-refractivity contribution in [1.29, 1.82) is 0 Å². The van der Waals surface area contributed by atoms with Crippen LogP contribution in [0, 0.1) is 5.92 Å². The molecule has 0 unspecified atom stereocenters. The van der Waals surface area contributed by atoms with E-state index in [2.05, 4.69) is 24.1 Å². The molecular formula is C15H23N3O2. The maximum absolute atomic E-state index is 11.8. The highest BCUT2D eigenvalue weighted by atomic mass is 16.2. The zero-order valence-corrected chi connectivity index (χ0v) is 12.4. The second-order valence-corrected chi connectivity index (χ2v) is 5.21. The number of nitrogens with one attached hydrogen (secondary N) is 1. The standard InChI is InChI=1S/C15H23N3O2/c1-12(2)11-18(13(3)19)9-7-15(20)17-10-14-6-4-5-8-16-14/h4-6,8,12H,7,9-11H2,1-3H3,(H,17,20). The maximum Gasteiger partial charge on any atom is 0.222 e. The molecule has 0 aliphatic heterocycles. The number of rotatable bonds is 7. The number of carbonyl (C=O) groups excluding carboxylic acids is 2. The lowest BCUT2D eigenvalue weighted by atomic mass is 10.2. The second-order valence-electron chi connectivity index (χ2n) is 5.21. The smallest absolute Gasteiger partial charge is 0.222 e. The molecule has 0 atom stereocenters. The third-order valence-corrected chi connectivity index (χ3v) is 2.83. The van der Waals surface area contributed by atoms with Gasteiger partial charge in [0, 0.05) is 32.6 Å². The summed E-state index contributed by atoms with van der Waals surface area (Å²) in [5.41, 5.74) is 0.825. The van der Waals surface area contributed by atoms with Crippen LogP contribution in [0.2, 0.25) is 0 Å². The van der Waals surface area contributed by atoms with Gasteiger partial charge < -0.3 is 10.2 Å². The molecule has 110 valence electrons. The summed E-state index contributed by atoms with van der Waals surface area (Å²) in [4.78, 5) is 29.1. The van der Waals surface area contributed by atoms with Crippen molar-refractivity contribution in [2.45, 2.75) is 33.7 Å². The summed E-state index contributed by atoms with van der Waals surface area (Å²) in [6, 6.07) is 5.58. The first-order valence-corrected chi connectivity index (χ1v) is 6.91. The van der Waals surface area contributed by atoms with Crippen LogP contribution in [0.4, 0.5) is 0 Å². The summed E-state index contributed by atoms with van der Waals surface area (Å²) in [5, 5.41) is 2.81. The van der Waals surface area contributed by atoms with E-state index in [0.717, 1.165) is 5.69 Å². The van der Waals surface area contributed by atoms with E-state index in [1.165, 1.54) is 6.92 Å². The first-order valence-electron chi connectivity index (χ1n) is 6.91. The number of carbonyl (C=O) groups is 2. The zero-order chi connectivity index (χ0) is 15.0. The Kier molecular flexibility index (Phi) is 6.70. The van der Waals surface area contributed by atoms with Crippen LogP contribution in [0.15, 0.2) is 24.4 Å². The summed E-state index contributed by atoms with van der Waals surface area (Å²) in [6.45, 7) is 7.21. The van der Waals surface area contributed by atoms with Gasteiger partial charge in [0.2, 0.25) is 11.8 Å². The van der Waals surface area contributed by atoms with Crippen molar-refractivity contribution in [3.8, 4) is 0 Å². The van der Waals surface area contributed by atoms with E-state index in [9.17, 15) is 9.59 Å². The normalized spacial score (nSPS) is 10.4. The van der Waals surface area contributed by atoms with Crippen LogP contribution < -0.4 is 5.32 Å². The number of nitrogens with zero attached hydrogens (tertiary/aromatic N) is 2. The Hall–Kier alpha value is -1.91. The Labute approximate surface area is 120 Å². The molecule has 1 rings (SSSR count). The van der Waals surface area contributed by atoms with Crippen LogP contribution in [-0.2, 0) is 16.1 Å². The fourth-order valence-corrected chi connectivity index (χ4v) is 1.83. The van der Waals surface area contributed by atoms with Crippen LogP contribution in [-0.4, -0.2) is 34.8 Å². The van der Waals surface area contributed by atoms with Crippen molar-refractivity contribution >= 4 is 11.8 Å². The highest BCUT2D eigenvalue weighted by molar-refractivity contribution is 5.77. The Morgan fingerprint density at radius 1 is 1.35 bits per heavy atom. The van der Waals surface area contributed by atoms with Gasteiger partial charge in [0.15, 0.2) is 0 Å². The molecule has 0 spiro atoms. The molecule has 5 nitrogen and oxygen atoms in total. The van der Waals surface area contributed by atoms with Gasteiger partial charge in [-0.1, -0.05) is 19.9 Å². The first-order chi connectivity index (χ1) is 9.49. The lowest BCUT2D eigenvalue weighted by molar-refractivity contribution is -0.130. The van der Waals surface area contributed by atoms with E-state index < -0.39 is 0 Å². The van der Waals surface area contributed by atoms with Crippen LogP contribution in [0.5, 0.6) is 0 Å². The molecule has 0 radical (unpaired) electrons. The molecule has 0 aliphatic carbocycles. The third kappa shape index (κ3) is 6.31. The Bertz CT molecular complexity index is 432. The highest BCUT2D eigenvalue weighted by Crippen LogP contribution is 2.01. The number of hydrogen-bond acceptors (Lipinski definition) is 3. The molecular weight excluding hydrogens is 254 g/mol. The summed E-state index contributed by atoms with van der Waals surface area (Å²) in [6.07, 6.45) is 2.01. The molecule has 1 aromatic rings. The first kappa shape index (κ1) is 16.1. The molecule has 1 N–H and O–H groups in total. The van der Waals surface area contributed by atoms with E-state index >= 15 is 0 Å². The highest BCUT2D eigenvalue weighted by Gasteiger charge is 2.12. The lowest BCUT2D eigenvalue weighted by Gasteiger charge is -2.22. The van der Waals surface area contributed by atoms with Gasteiger partial charge in [0.25, 0.3) is 0 Å². The van der Waals surface area contributed by atoms with E-state index in [1.54, 1.807) is 11.1 Å². The third-order valence-electron chi connectivity index (χ3n) is 2.83. The average molecular weight is 277 g/mol. The van der Waals surface area contributed by atoms with Gasteiger partial charge in [-0.25, -0.2) is 0 Å². The van der Waals surface area contributed by atoms with Crippen molar-refractivity contribution < 1.29 is 9.59 Å². The predicted octanol–water partition coefficient (Wildman–Crippen LogP) is 1.59. The lowest BCUT2D eigenvalue weighted by Crippen LogP contribution is -2.36. The minimum atomic E-state index is -0.0642. The molecule has 0 aromatic carbocycles. The fraction of sp³-hybridized carbons (Fsp3) is 0.533. The molecule has 0 saturated heterocycles. The van der Waals surface area contributed by atoms with Gasteiger partial charge >= 0.3 is 0 Å². The number of hydrogen-bond donors (Lipinski definition) is 1. The van der Waals surface area contributed by atoms with Crippen LogP contribution in [0.1, 0.15) is 32.9 Å². The largest absolute Gasteiger partial charge is 0.350 e. The van der Waals surface area contributed by atoms with Crippen molar-refractivity contribution in [3.05, 3.63) is 30.1 Å². The van der Waals surface area contributed by atoms with Gasteiger partial charge in [0.05, 0.1) is 12.2 Å². The summed E-state index contributed by atoms with van der Waals surface area (Å²) < 4.78 is 0. The molecule has 20 heavy (non-hydrogen) atoms. The number of pyridine rings is 1. The molecule has 0 fully saturated rings. The molecule has 1 aromatic heterocycles. The van der Waals surface area contributed by atoms with Crippen molar-refractivity contribution in [2.75, 3.05) is 13.1 Å². The summed E-state index contributed by atoms with van der Waals surface area (Å²) in [7, 11) is 0. The maximum atomic E-state index is 11.8. The van der Waals surface area contributed by atoms with Crippen LogP contribution in [0.25, 0.3) is 0 Å². The monoisotopic (exact) mass is 277 g/mol. The molecule has 5 heteroatoms. The summed E-state index contributed by atoms with van der Waals surface area (Å²) >= 11 is 0. The predicted molar refractivity (Wildman–Crippen MR) is 77.8 cm³/mol. The quantitative estimate of drug-likeness (QED) is 0.823. The molecule has 0 bridgehead atoms. The van der Waals surface area contributed by atoms with Gasteiger partial charge in [-0.3, -0.25) is 14.6 Å². The molecule has 2 amide bonds.